The average Bonchev–Trinajstić information content (AvgIpc) is 2.37. The molecule has 4 nitrogen and oxygen atoms in total. The molecule has 2 N–H and O–H groups in total. The Labute approximate surface area is 122 Å². The fourth-order valence-electron chi connectivity index (χ4n) is 1.37. The number of amides is 1. The first-order valence-corrected chi connectivity index (χ1v) is 7.10. The minimum Gasteiger partial charge on any atom is -0.494 e. The van der Waals surface area contributed by atoms with Gasteiger partial charge in [0.05, 0.1) is 6.61 Å². The molecule has 1 rings (SSSR count). The summed E-state index contributed by atoms with van der Waals surface area (Å²) in [6.07, 6.45) is 1.24. The average molecular weight is 362 g/mol. The van der Waals surface area contributed by atoms with Crippen LogP contribution >= 0.6 is 22.6 Å². The van der Waals surface area contributed by atoms with Crippen molar-refractivity contribution in [2.75, 3.05) is 26.7 Å². The first-order chi connectivity index (χ1) is 8.72. The van der Waals surface area contributed by atoms with Crippen molar-refractivity contribution >= 4 is 28.5 Å². The first kappa shape index (κ1) is 15.2. The van der Waals surface area contributed by atoms with Crippen LogP contribution in [0.1, 0.15) is 12.8 Å². The molecule has 0 unspecified atom stereocenters. The van der Waals surface area contributed by atoms with Crippen LogP contribution in [0.3, 0.4) is 0 Å². The molecule has 0 aliphatic carbocycles. The first-order valence-electron chi connectivity index (χ1n) is 6.02. The quantitative estimate of drug-likeness (QED) is 0.548. The molecule has 0 spiro atoms. The maximum atomic E-state index is 11.4. The van der Waals surface area contributed by atoms with Crippen molar-refractivity contribution in [2.45, 2.75) is 12.8 Å². The zero-order chi connectivity index (χ0) is 13.2. The van der Waals surface area contributed by atoms with Crippen LogP contribution in [0.4, 0.5) is 0 Å². The summed E-state index contributed by atoms with van der Waals surface area (Å²) in [6.45, 7) is 2.04. The monoisotopic (exact) mass is 362 g/mol. The molecule has 0 radical (unpaired) electrons. The minimum absolute atomic E-state index is 0.0801. The summed E-state index contributed by atoms with van der Waals surface area (Å²) in [6, 6.07) is 7.88. The second-order valence-electron chi connectivity index (χ2n) is 3.86. The van der Waals surface area contributed by atoms with Gasteiger partial charge in [-0.15, -0.1) is 0 Å². The van der Waals surface area contributed by atoms with Crippen molar-refractivity contribution in [1.82, 2.24) is 10.6 Å². The zero-order valence-corrected chi connectivity index (χ0v) is 12.7. The normalized spacial score (nSPS) is 10.1. The third-order valence-corrected chi connectivity index (χ3v) is 3.05. The molecule has 1 amide bonds. The van der Waals surface area contributed by atoms with E-state index in [1.165, 1.54) is 3.57 Å². The Kier molecular flexibility index (Phi) is 7.75. The highest BCUT2D eigenvalue weighted by atomic mass is 127. The zero-order valence-electron chi connectivity index (χ0n) is 10.5. The fraction of sp³-hybridized carbons (Fsp3) is 0.462. The Morgan fingerprint density at radius 3 is 2.67 bits per heavy atom. The smallest absolute Gasteiger partial charge is 0.220 e. The van der Waals surface area contributed by atoms with Crippen LogP contribution in [0, 0.1) is 3.57 Å². The number of halogens is 1. The molecule has 0 atom stereocenters. The van der Waals surface area contributed by atoms with Gasteiger partial charge in [-0.2, -0.15) is 0 Å². The number of ether oxygens (including phenoxy) is 1. The van der Waals surface area contributed by atoms with Crippen molar-refractivity contribution in [1.29, 1.82) is 0 Å². The molecule has 0 saturated carbocycles. The number of likely N-dealkylation sites (N-methyl/N-ethyl adjacent to an activating group) is 1. The van der Waals surface area contributed by atoms with Crippen LogP contribution in [-0.2, 0) is 4.79 Å². The van der Waals surface area contributed by atoms with E-state index in [9.17, 15) is 4.79 Å². The molecular formula is C13H19IN2O2. The van der Waals surface area contributed by atoms with Gasteiger partial charge in [-0.3, -0.25) is 4.79 Å². The highest BCUT2D eigenvalue weighted by molar-refractivity contribution is 14.1. The number of hydrogen-bond donors (Lipinski definition) is 2. The molecule has 0 aliphatic rings. The third-order valence-electron chi connectivity index (χ3n) is 2.33. The Morgan fingerprint density at radius 2 is 2.00 bits per heavy atom. The molecular weight excluding hydrogens is 343 g/mol. The van der Waals surface area contributed by atoms with Crippen molar-refractivity contribution in [2.24, 2.45) is 0 Å². The molecule has 0 fully saturated rings. The van der Waals surface area contributed by atoms with Crippen LogP contribution in [0.25, 0.3) is 0 Å². The van der Waals surface area contributed by atoms with Crippen molar-refractivity contribution < 1.29 is 9.53 Å². The molecule has 0 aromatic heterocycles. The van der Waals surface area contributed by atoms with E-state index in [0.717, 1.165) is 18.7 Å². The van der Waals surface area contributed by atoms with Gasteiger partial charge in [0, 0.05) is 23.1 Å². The summed E-state index contributed by atoms with van der Waals surface area (Å²) < 4.78 is 6.73. The molecule has 5 heteroatoms. The van der Waals surface area contributed by atoms with Crippen molar-refractivity contribution in [3.8, 4) is 5.75 Å². The summed E-state index contributed by atoms with van der Waals surface area (Å²) in [5, 5.41) is 5.81. The van der Waals surface area contributed by atoms with Crippen LogP contribution < -0.4 is 15.4 Å². The van der Waals surface area contributed by atoms with E-state index >= 15 is 0 Å². The second kappa shape index (κ2) is 9.16. The standard InChI is InChI=1S/C13H19IN2O2/c1-15-8-9-16-13(17)3-2-10-18-12-6-4-11(14)5-7-12/h4-7,15H,2-3,8-10H2,1H3,(H,16,17). The van der Waals surface area contributed by atoms with Gasteiger partial charge in [0.1, 0.15) is 5.75 Å². The number of nitrogens with one attached hydrogen (secondary N) is 2. The third kappa shape index (κ3) is 6.80. The summed E-state index contributed by atoms with van der Waals surface area (Å²) >= 11 is 2.25. The van der Waals surface area contributed by atoms with E-state index in [2.05, 4.69) is 33.2 Å². The molecule has 18 heavy (non-hydrogen) atoms. The van der Waals surface area contributed by atoms with Crippen LogP contribution in [0.2, 0.25) is 0 Å². The minimum atomic E-state index is 0.0801. The topological polar surface area (TPSA) is 50.4 Å². The van der Waals surface area contributed by atoms with E-state index in [0.29, 0.717) is 19.6 Å². The summed E-state index contributed by atoms with van der Waals surface area (Å²) in [5.74, 6) is 0.933. The maximum Gasteiger partial charge on any atom is 0.220 e. The van der Waals surface area contributed by atoms with Gasteiger partial charge in [0.15, 0.2) is 0 Å². The van der Waals surface area contributed by atoms with Gasteiger partial charge in [-0.1, -0.05) is 0 Å². The number of rotatable bonds is 8. The van der Waals surface area contributed by atoms with Gasteiger partial charge in [-0.25, -0.2) is 0 Å². The predicted octanol–water partition coefficient (Wildman–Crippen LogP) is 1.79. The lowest BCUT2D eigenvalue weighted by atomic mass is 10.3. The van der Waals surface area contributed by atoms with Crippen LogP contribution in [0.15, 0.2) is 24.3 Å². The van der Waals surface area contributed by atoms with Gasteiger partial charge < -0.3 is 15.4 Å². The predicted molar refractivity (Wildman–Crippen MR) is 80.8 cm³/mol. The fourth-order valence-corrected chi connectivity index (χ4v) is 1.73. The van der Waals surface area contributed by atoms with Gasteiger partial charge >= 0.3 is 0 Å². The molecule has 0 saturated heterocycles. The Bertz CT molecular complexity index is 355. The van der Waals surface area contributed by atoms with Crippen LogP contribution in [0.5, 0.6) is 5.75 Å². The maximum absolute atomic E-state index is 11.4. The lowest BCUT2D eigenvalue weighted by Gasteiger charge is -2.07. The number of carbonyl (C=O) groups excluding carboxylic acids is 1. The molecule has 0 heterocycles. The summed E-state index contributed by atoms with van der Waals surface area (Å²) in [7, 11) is 1.86. The van der Waals surface area contributed by atoms with E-state index < -0.39 is 0 Å². The van der Waals surface area contributed by atoms with E-state index in [-0.39, 0.29) is 5.91 Å². The number of hydrogen-bond acceptors (Lipinski definition) is 3. The highest BCUT2D eigenvalue weighted by Crippen LogP contribution is 2.13. The highest BCUT2D eigenvalue weighted by Gasteiger charge is 2.00. The van der Waals surface area contributed by atoms with Crippen molar-refractivity contribution in [3.63, 3.8) is 0 Å². The molecule has 0 bridgehead atoms. The lowest BCUT2D eigenvalue weighted by molar-refractivity contribution is -0.121. The largest absolute Gasteiger partial charge is 0.494 e. The molecule has 100 valence electrons. The van der Waals surface area contributed by atoms with Crippen LogP contribution in [-0.4, -0.2) is 32.7 Å². The SMILES string of the molecule is CNCCNC(=O)CCCOc1ccc(I)cc1. The van der Waals surface area contributed by atoms with E-state index in [1.807, 2.05) is 31.3 Å². The van der Waals surface area contributed by atoms with Crippen molar-refractivity contribution in [3.05, 3.63) is 27.8 Å². The van der Waals surface area contributed by atoms with Gasteiger partial charge in [-0.05, 0) is 60.3 Å². The van der Waals surface area contributed by atoms with Gasteiger partial charge in [0.25, 0.3) is 0 Å². The molecule has 1 aromatic rings. The summed E-state index contributed by atoms with van der Waals surface area (Å²) in [5.41, 5.74) is 0. The summed E-state index contributed by atoms with van der Waals surface area (Å²) in [4.78, 5) is 11.4. The molecule has 0 aliphatic heterocycles. The molecule has 1 aromatic carbocycles. The number of carbonyl (C=O) groups is 1. The second-order valence-corrected chi connectivity index (χ2v) is 5.11. The number of benzene rings is 1. The lowest BCUT2D eigenvalue weighted by Crippen LogP contribution is -2.30. The van der Waals surface area contributed by atoms with E-state index in [1.54, 1.807) is 0 Å². The Hall–Kier alpha value is -0.820. The Balaban J connectivity index is 2.07. The Morgan fingerprint density at radius 1 is 1.28 bits per heavy atom. The van der Waals surface area contributed by atoms with Gasteiger partial charge in [0.2, 0.25) is 5.91 Å². The van der Waals surface area contributed by atoms with E-state index in [4.69, 9.17) is 4.74 Å².